The van der Waals surface area contributed by atoms with Crippen molar-refractivity contribution in [2.24, 2.45) is 0 Å². The number of carbonyl (C=O) groups is 1. The van der Waals surface area contributed by atoms with Gasteiger partial charge in [0.2, 0.25) is 5.56 Å². The van der Waals surface area contributed by atoms with E-state index in [2.05, 4.69) is 16.3 Å². The van der Waals surface area contributed by atoms with Gasteiger partial charge >= 0.3 is 78.0 Å². The van der Waals surface area contributed by atoms with Gasteiger partial charge in [-0.15, -0.1) is 0 Å². The molecule has 1 atom stereocenters. The van der Waals surface area contributed by atoms with Crippen LogP contribution in [0.5, 0.6) is 0 Å². The van der Waals surface area contributed by atoms with Gasteiger partial charge in [-0.1, -0.05) is 11.6 Å². The molecule has 0 heterocycles. The van der Waals surface area contributed by atoms with Crippen LogP contribution in [0.1, 0.15) is 0 Å². The highest BCUT2D eigenvalue weighted by atomic mass is 35.5. The molecule has 0 spiro atoms. The second kappa shape index (κ2) is 10.4. The summed E-state index contributed by atoms with van der Waals surface area (Å²) in [5, 5.41) is 0. The molecule has 0 bridgehead atoms. The van der Waals surface area contributed by atoms with Crippen molar-refractivity contribution < 1.29 is 115 Å². The molecule has 0 rings (SSSR count). The average Bonchev–Trinajstić information content (AvgIpc) is 2.77. The Kier molecular flexibility index (Phi) is 9.88. The zero-order valence-corrected chi connectivity index (χ0v) is 18.3. The highest BCUT2D eigenvalue weighted by molar-refractivity contribution is 6.21. The van der Waals surface area contributed by atoms with Crippen LogP contribution >= 0.6 is 11.6 Å². The van der Waals surface area contributed by atoms with Gasteiger partial charge in [0.1, 0.15) is 0 Å². The first-order valence-electron chi connectivity index (χ1n) is 8.63. The molecule has 246 valence electrons. The average molecular weight is 695 g/mol. The van der Waals surface area contributed by atoms with E-state index >= 15 is 0 Å². The van der Waals surface area contributed by atoms with Gasteiger partial charge in [0, 0.05) is 0 Å². The predicted molar refractivity (Wildman–Crippen MR) is 77.2 cm³/mol. The number of rotatable bonds is 13. The van der Waals surface area contributed by atoms with Crippen LogP contribution in [0.4, 0.5) is 105 Å². The molecule has 27 heteroatoms. The Hall–Kier alpha value is -1.92. The van der Waals surface area contributed by atoms with E-state index in [0.717, 1.165) is 0 Å². The number of halogens is 25. The number of alkyl halides is 25. The minimum atomic E-state index is -8.56. The fourth-order valence-corrected chi connectivity index (χ4v) is 2.22. The van der Waals surface area contributed by atoms with Crippen LogP contribution in [-0.4, -0.2) is 83.6 Å². The van der Waals surface area contributed by atoms with Crippen molar-refractivity contribution in [3.8, 4) is 0 Å². The Balaban J connectivity index is 6.61. The van der Waals surface area contributed by atoms with Crippen LogP contribution < -0.4 is 0 Å². The van der Waals surface area contributed by atoms with E-state index in [9.17, 15) is 110 Å². The van der Waals surface area contributed by atoms with Crippen molar-refractivity contribution in [3.63, 3.8) is 0 Å². The Labute approximate surface area is 211 Å². The van der Waals surface area contributed by atoms with Crippen LogP contribution in [-0.2, 0) is 9.53 Å². The highest BCUT2D eigenvalue weighted by Crippen LogP contribution is 2.61. The number of hydrogen-bond acceptors (Lipinski definition) is 2. The van der Waals surface area contributed by atoms with E-state index in [1.54, 1.807) is 0 Å². The predicted octanol–water partition coefficient (Wildman–Crippen LogP) is 7.98. The minimum Gasteiger partial charge on any atom is -0.434 e. The number of ether oxygens (including phenoxy) is 1. The standard InChI is InChI=1S/C14H3ClF24O2/c15-1(5(20,21)9(28,29)13(36,37)10(30,31)6(22,23)2(16)17)41-4(40)8(26,27)12(34,35)14(38,39)11(32,33)7(24,25)3(18)19/h1-3H. The first-order chi connectivity index (χ1) is 17.4. The Morgan fingerprint density at radius 3 is 0.951 bits per heavy atom. The molecule has 0 aliphatic heterocycles. The van der Waals surface area contributed by atoms with E-state index in [4.69, 9.17) is 0 Å². The lowest BCUT2D eigenvalue weighted by molar-refractivity contribution is -0.418. The van der Waals surface area contributed by atoms with Crippen molar-refractivity contribution in [3.05, 3.63) is 0 Å². The Bertz CT molecular complexity index is 956. The maximum atomic E-state index is 13.6. The minimum absolute atomic E-state index is 2.07. The van der Waals surface area contributed by atoms with E-state index in [0.29, 0.717) is 0 Å². The smallest absolute Gasteiger partial charge is 0.411 e. The molecule has 0 saturated heterocycles. The summed E-state index contributed by atoms with van der Waals surface area (Å²) in [6, 6.07) is 0. The second-order valence-electron chi connectivity index (χ2n) is 7.21. The molecule has 0 aliphatic rings. The summed E-state index contributed by atoms with van der Waals surface area (Å²) in [6.07, 6.45) is -12.1. The lowest BCUT2D eigenvalue weighted by atomic mass is 9.94. The first kappa shape index (κ1) is 39.1. The number of hydrogen-bond donors (Lipinski definition) is 0. The summed E-state index contributed by atoms with van der Waals surface area (Å²) >= 11 is 3.94. The fraction of sp³-hybridized carbons (Fsp3) is 0.929. The van der Waals surface area contributed by atoms with E-state index < -0.39 is 83.6 Å². The number of carbonyl (C=O) groups excluding carboxylic acids is 1. The van der Waals surface area contributed by atoms with Gasteiger partial charge < -0.3 is 4.74 Å². The van der Waals surface area contributed by atoms with Crippen molar-refractivity contribution >= 4 is 17.6 Å². The quantitative estimate of drug-likeness (QED) is 0.111. The molecule has 41 heavy (non-hydrogen) atoms. The zero-order valence-electron chi connectivity index (χ0n) is 17.5. The molecule has 0 aliphatic carbocycles. The maximum absolute atomic E-state index is 13.6. The van der Waals surface area contributed by atoms with Crippen LogP contribution in [0.2, 0.25) is 0 Å². The molecule has 0 fully saturated rings. The summed E-state index contributed by atoms with van der Waals surface area (Å²) in [4.78, 5) is 11.0. The lowest BCUT2D eigenvalue weighted by Gasteiger charge is -2.40. The van der Waals surface area contributed by atoms with Crippen molar-refractivity contribution in [2.75, 3.05) is 0 Å². The van der Waals surface area contributed by atoms with Gasteiger partial charge in [0.15, 0.2) is 0 Å². The topological polar surface area (TPSA) is 26.3 Å². The maximum Gasteiger partial charge on any atom is 0.411 e. The summed E-state index contributed by atoms with van der Waals surface area (Å²) in [5.41, 5.74) is -5.62. The van der Waals surface area contributed by atoms with E-state index in [1.807, 2.05) is 0 Å². The summed E-state index contributed by atoms with van der Waals surface area (Å²) in [6.45, 7) is 0. The SMILES string of the molecule is O=C(OC(Cl)C(F)(F)C(F)(F)C(F)(F)C(F)(F)C(F)(F)C(F)F)C(F)(F)C(F)(F)C(F)(F)C(F)(F)C(F)(F)C(F)F. The van der Waals surface area contributed by atoms with Gasteiger partial charge in [0.05, 0.1) is 0 Å². The molecule has 0 radical (unpaired) electrons. The van der Waals surface area contributed by atoms with Crippen LogP contribution in [0.15, 0.2) is 0 Å². The van der Waals surface area contributed by atoms with Gasteiger partial charge in [-0.3, -0.25) is 0 Å². The molecule has 0 aromatic carbocycles. The lowest BCUT2D eigenvalue weighted by Crippen LogP contribution is -2.71. The molecular weight excluding hydrogens is 692 g/mol. The molecule has 0 aromatic rings. The Morgan fingerprint density at radius 2 is 0.683 bits per heavy atom. The third-order valence-corrected chi connectivity index (χ3v) is 4.89. The van der Waals surface area contributed by atoms with Crippen LogP contribution in [0.25, 0.3) is 0 Å². The molecule has 0 amide bonds. The summed E-state index contributed by atoms with van der Waals surface area (Å²) in [7, 11) is 0. The summed E-state index contributed by atoms with van der Waals surface area (Å²) in [5.74, 6) is -86.7. The molecule has 0 saturated carbocycles. The van der Waals surface area contributed by atoms with Gasteiger partial charge in [-0.05, 0) is 0 Å². The van der Waals surface area contributed by atoms with Crippen molar-refractivity contribution in [2.45, 2.75) is 77.6 Å². The monoisotopic (exact) mass is 694 g/mol. The van der Waals surface area contributed by atoms with Crippen molar-refractivity contribution in [1.82, 2.24) is 0 Å². The van der Waals surface area contributed by atoms with Crippen LogP contribution in [0, 0.1) is 0 Å². The largest absolute Gasteiger partial charge is 0.434 e. The second-order valence-corrected chi connectivity index (χ2v) is 7.61. The Morgan fingerprint density at radius 1 is 0.439 bits per heavy atom. The molecule has 0 N–H and O–H groups in total. The van der Waals surface area contributed by atoms with Gasteiger partial charge in [0.25, 0.3) is 0 Å². The van der Waals surface area contributed by atoms with Crippen molar-refractivity contribution in [1.29, 1.82) is 0 Å². The normalized spacial score (nSPS) is 16.9. The molecular formula is C14H3ClF24O2. The molecule has 1 unspecified atom stereocenters. The molecule has 2 nitrogen and oxygen atoms in total. The fourth-order valence-electron chi connectivity index (χ4n) is 2.01. The molecule has 0 aromatic heterocycles. The first-order valence-corrected chi connectivity index (χ1v) is 9.07. The third kappa shape index (κ3) is 5.15. The highest BCUT2D eigenvalue weighted by Gasteiger charge is 2.91. The van der Waals surface area contributed by atoms with E-state index in [1.165, 1.54) is 0 Å². The summed E-state index contributed by atoms with van der Waals surface area (Å²) < 4.78 is 314. The van der Waals surface area contributed by atoms with Crippen LogP contribution in [0.3, 0.4) is 0 Å². The van der Waals surface area contributed by atoms with Gasteiger partial charge in [-0.25, -0.2) is 22.4 Å². The number of esters is 1. The van der Waals surface area contributed by atoms with Gasteiger partial charge in [-0.2, -0.15) is 87.8 Å². The third-order valence-electron chi connectivity index (χ3n) is 4.53. The van der Waals surface area contributed by atoms with E-state index in [-0.39, 0.29) is 0 Å². The zero-order chi connectivity index (χ0) is 34.0.